The van der Waals surface area contributed by atoms with Gasteiger partial charge in [0.2, 0.25) is 0 Å². The fourth-order valence-corrected chi connectivity index (χ4v) is 7.39. The summed E-state index contributed by atoms with van der Waals surface area (Å²) in [4.78, 5) is 25.4. The molecule has 0 saturated carbocycles. The molecule has 1 atom stereocenters. The number of hydrogen-bond acceptors (Lipinski definition) is 5. The molecule has 0 amide bonds. The molecule has 0 aliphatic heterocycles. The standard InChI is InChI=1S/C59H102O5/c1-4-7-10-13-16-19-22-24-26-28-30-31-33-35-38-40-43-46-49-52-58(60)63-56-57(64-59(61)53-50-47-44-41-37-21-18-15-12-9-6-3)55-62-54-51-48-45-42-39-36-34-32-29-27-25-23-20-17-14-11-8-5-2/h7,10,16-17,19-20,24-27,30-31,35,38,57H,4-6,8-9,11-15,18,21-23,28-29,32-34,36-37,39-56H2,1-3H3/b10-7-,19-16-,20-17-,26-24-,27-25-,31-30-,38-35-. The number of carbonyl (C=O) groups excluding carboxylic acids is 2. The number of carbonyl (C=O) groups is 2. The Morgan fingerprint density at radius 1 is 0.359 bits per heavy atom. The van der Waals surface area contributed by atoms with E-state index < -0.39 is 6.10 Å². The van der Waals surface area contributed by atoms with Gasteiger partial charge in [-0.25, -0.2) is 0 Å². The van der Waals surface area contributed by atoms with Gasteiger partial charge in [-0.15, -0.1) is 0 Å². The van der Waals surface area contributed by atoms with E-state index in [1.165, 1.54) is 128 Å². The maximum absolute atomic E-state index is 12.8. The van der Waals surface area contributed by atoms with Gasteiger partial charge in [0.15, 0.2) is 6.10 Å². The molecule has 0 aromatic heterocycles. The molecule has 5 nitrogen and oxygen atoms in total. The van der Waals surface area contributed by atoms with Gasteiger partial charge in [0.25, 0.3) is 0 Å². The summed E-state index contributed by atoms with van der Waals surface area (Å²) < 4.78 is 17.4. The fourth-order valence-electron chi connectivity index (χ4n) is 7.39. The molecule has 0 fully saturated rings. The highest BCUT2D eigenvalue weighted by atomic mass is 16.6. The fraction of sp³-hybridized carbons (Fsp3) is 0.729. The minimum atomic E-state index is -0.554. The Morgan fingerprint density at radius 3 is 1.17 bits per heavy atom. The van der Waals surface area contributed by atoms with Crippen molar-refractivity contribution in [2.75, 3.05) is 19.8 Å². The van der Waals surface area contributed by atoms with Crippen LogP contribution in [-0.4, -0.2) is 37.9 Å². The molecular formula is C59H102O5. The van der Waals surface area contributed by atoms with Crippen LogP contribution in [0.2, 0.25) is 0 Å². The van der Waals surface area contributed by atoms with E-state index in [1.54, 1.807) is 0 Å². The van der Waals surface area contributed by atoms with Crippen molar-refractivity contribution in [2.24, 2.45) is 0 Å². The van der Waals surface area contributed by atoms with E-state index in [2.05, 4.69) is 106 Å². The van der Waals surface area contributed by atoms with Crippen molar-refractivity contribution in [2.45, 2.75) is 258 Å². The largest absolute Gasteiger partial charge is 0.462 e. The molecule has 64 heavy (non-hydrogen) atoms. The number of hydrogen-bond donors (Lipinski definition) is 0. The smallest absolute Gasteiger partial charge is 0.306 e. The van der Waals surface area contributed by atoms with Crippen molar-refractivity contribution < 1.29 is 23.8 Å². The molecule has 0 radical (unpaired) electrons. The van der Waals surface area contributed by atoms with Crippen molar-refractivity contribution in [1.82, 2.24) is 0 Å². The second-order valence-electron chi connectivity index (χ2n) is 17.8. The third-order valence-corrected chi connectivity index (χ3v) is 11.4. The second kappa shape index (κ2) is 54.4. The van der Waals surface area contributed by atoms with E-state index in [1.807, 2.05) is 0 Å². The van der Waals surface area contributed by atoms with E-state index >= 15 is 0 Å². The Balaban J connectivity index is 4.30. The lowest BCUT2D eigenvalue weighted by Gasteiger charge is -2.18. The van der Waals surface area contributed by atoms with Crippen LogP contribution in [-0.2, 0) is 23.8 Å². The number of unbranched alkanes of at least 4 members (excludes halogenated alkanes) is 24. The summed E-state index contributed by atoms with van der Waals surface area (Å²) in [5.41, 5.74) is 0. The van der Waals surface area contributed by atoms with E-state index in [0.717, 1.165) is 89.9 Å². The van der Waals surface area contributed by atoms with Crippen LogP contribution in [0.25, 0.3) is 0 Å². The van der Waals surface area contributed by atoms with E-state index in [0.29, 0.717) is 19.4 Å². The first kappa shape index (κ1) is 61.1. The highest BCUT2D eigenvalue weighted by Crippen LogP contribution is 2.14. The lowest BCUT2D eigenvalue weighted by Crippen LogP contribution is -2.30. The van der Waals surface area contributed by atoms with Crippen LogP contribution >= 0.6 is 0 Å². The Kier molecular flexibility index (Phi) is 51.9. The lowest BCUT2D eigenvalue weighted by molar-refractivity contribution is -0.163. The van der Waals surface area contributed by atoms with Gasteiger partial charge in [0.05, 0.1) is 6.61 Å². The molecule has 0 spiro atoms. The molecule has 1 unspecified atom stereocenters. The highest BCUT2D eigenvalue weighted by molar-refractivity contribution is 5.70. The highest BCUT2D eigenvalue weighted by Gasteiger charge is 2.17. The van der Waals surface area contributed by atoms with Gasteiger partial charge >= 0.3 is 11.9 Å². The van der Waals surface area contributed by atoms with Crippen LogP contribution in [0, 0.1) is 0 Å². The van der Waals surface area contributed by atoms with E-state index in [9.17, 15) is 9.59 Å². The van der Waals surface area contributed by atoms with Crippen molar-refractivity contribution in [3.63, 3.8) is 0 Å². The van der Waals surface area contributed by atoms with Crippen LogP contribution < -0.4 is 0 Å². The molecule has 0 heterocycles. The number of rotatable bonds is 49. The van der Waals surface area contributed by atoms with Crippen LogP contribution in [0.4, 0.5) is 0 Å². The van der Waals surface area contributed by atoms with Gasteiger partial charge in [-0.05, 0) is 96.3 Å². The third kappa shape index (κ3) is 51.7. The summed E-state index contributed by atoms with van der Waals surface area (Å²) in [5.74, 6) is -0.435. The van der Waals surface area contributed by atoms with E-state index in [-0.39, 0.29) is 25.2 Å². The lowest BCUT2D eigenvalue weighted by atomic mass is 10.1. The zero-order chi connectivity index (χ0) is 46.3. The molecule has 368 valence electrons. The van der Waals surface area contributed by atoms with Gasteiger partial charge in [-0.2, -0.15) is 0 Å². The molecule has 0 aliphatic rings. The van der Waals surface area contributed by atoms with E-state index in [4.69, 9.17) is 14.2 Å². The van der Waals surface area contributed by atoms with Crippen molar-refractivity contribution in [3.8, 4) is 0 Å². The van der Waals surface area contributed by atoms with Gasteiger partial charge < -0.3 is 14.2 Å². The summed E-state index contributed by atoms with van der Waals surface area (Å²) in [7, 11) is 0. The summed E-state index contributed by atoms with van der Waals surface area (Å²) >= 11 is 0. The first-order valence-electron chi connectivity index (χ1n) is 27.1. The average Bonchev–Trinajstić information content (AvgIpc) is 3.30. The summed E-state index contributed by atoms with van der Waals surface area (Å²) in [6, 6.07) is 0. The summed E-state index contributed by atoms with van der Waals surface area (Å²) in [6.45, 7) is 7.65. The first-order chi connectivity index (χ1) is 31.6. The molecule has 0 aromatic rings. The van der Waals surface area contributed by atoms with Crippen molar-refractivity contribution in [1.29, 1.82) is 0 Å². The molecule has 5 heteroatoms. The third-order valence-electron chi connectivity index (χ3n) is 11.4. The van der Waals surface area contributed by atoms with Gasteiger partial charge in [0, 0.05) is 19.4 Å². The predicted molar refractivity (Wildman–Crippen MR) is 279 cm³/mol. The normalized spacial score (nSPS) is 12.9. The van der Waals surface area contributed by atoms with Crippen LogP contribution in [0.1, 0.15) is 252 Å². The molecule has 0 saturated heterocycles. The maximum Gasteiger partial charge on any atom is 0.306 e. The quantitative estimate of drug-likeness (QED) is 0.0346. The van der Waals surface area contributed by atoms with Crippen LogP contribution in [0.5, 0.6) is 0 Å². The van der Waals surface area contributed by atoms with Crippen LogP contribution in [0.3, 0.4) is 0 Å². The topological polar surface area (TPSA) is 61.8 Å². The Morgan fingerprint density at radius 2 is 0.703 bits per heavy atom. The zero-order valence-electron chi connectivity index (χ0n) is 42.3. The SMILES string of the molecule is CC/C=C\C/C=C\C/C=C\C/C=C\C/C=C\CCCCCC(=O)OCC(COCCCCCCCCCC/C=C\C/C=C\CCCCC)OC(=O)CCCCCCCCCCCCC. The second-order valence-corrected chi connectivity index (χ2v) is 17.8. The van der Waals surface area contributed by atoms with Gasteiger partial charge in [-0.3, -0.25) is 9.59 Å². The Bertz CT molecular complexity index is 1190. The molecular weight excluding hydrogens is 789 g/mol. The minimum Gasteiger partial charge on any atom is -0.462 e. The summed E-state index contributed by atoms with van der Waals surface area (Å²) in [5, 5.41) is 0. The minimum absolute atomic E-state index is 0.0643. The average molecular weight is 891 g/mol. The van der Waals surface area contributed by atoms with Gasteiger partial charge in [-0.1, -0.05) is 228 Å². The maximum atomic E-state index is 12.8. The Hall–Kier alpha value is -2.92. The number of allylic oxidation sites excluding steroid dienone is 14. The first-order valence-corrected chi connectivity index (χ1v) is 27.1. The zero-order valence-corrected chi connectivity index (χ0v) is 42.3. The monoisotopic (exact) mass is 891 g/mol. The molecule has 0 aliphatic carbocycles. The van der Waals surface area contributed by atoms with Gasteiger partial charge in [0.1, 0.15) is 6.61 Å². The molecule has 0 N–H and O–H groups in total. The van der Waals surface area contributed by atoms with Crippen molar-refractivity contribution >= 4 is 11.9 Å². The molecule has 0 aromatic carbocycles. The van der Waals surface area contributed by atoms with Crippen molar-refractivity contribution in [3.05, 3.63) is 85.1 Å². The summed E-state index contributed by atoms with van der Waals surface area (Å²) in [6.07, 6.45) is 71.6. The van der Waals surface area contributed by atoms with Crippen LogP contribution in [0.15, 0.2) is 85.1 Å². The number of ether oxygens (including phenoxy) is 3. The molecule has 0 rings (SSSR count). The predicted octanol–water partition coefficient (Wildman–Crippen LogP) is 18.5. The Labute approximate surface area is 397 Å². The molecule has 0 bridgehead atoms. The number of esters is 2.